The van der Waals surface area contributed by atoms with Crippen LogP contribution in [0.3, 0.4) is 0 Å². The highest BCUT2D eigenvalue weighted by atomic mass is 35.5. The molecular formula is C28H27ClFN7O3S. The van der Waals surface area contributed by atoms with E-state index in [0.29, 0.717) is 48.0 Å². The van der Waals surface area contributed by atoms with E-state index in [1.165, 1.54) is 17.5 Å². The van der Waals surface area contributed by atoms with E-state index < -0.39 is 5.82 Å². The minimum Gasteiger partial charge on any atom is -0.489 e. The number of aromatic nitrogens is 6. The first kappa shape index (κ1) is 27.5. The third-order valence-corrected chi connectivity index (χ3v) is 7.92. The van der Waals surface area contributed by atoms with Gasteiger partial charge in [0.2, 0.25) is 5.95 Å². The molecule has 13 heteroatoms. The van der Waals surface area contributed by atoms with E-state index in [1.807, 2.05) is 24.3 Å². The van der Waals surface area contributed by atoms with Gasteiger partial charge >= 0.3 is 0 Å². The fraction of sp³-hybridized carbons (Fsp3) is 0.321. The fourth-order valence-electron chi connectivity index (χ4n) is 4.57. The summed E-state index contributed by atoms with van der Waals surface area (Å²) >= 11 is 7.75. The predicted octanol–water partition coefficient (Wildman–Crippen LogP) is 5.84. The van der Waals surface area contributed by atoms with Crippen molar-refractivity contribution < 1.29 is 18.6 Å². The monoisotopic (exact) mass is 595 g/mol. The number of fused-ring (bicyclic) bond motifs is 1. The Labute approximate surface area is 244 Å². The number of benzene rings is 1. The molecule has 4 aromatic heterocycles. The Bertz CT molecular complexity index is 1610. The number of nitrogens with one attached hydrogen (secondary N) is 1. The number of rotatable bonds is 11. The maximum Gasteiger partial charge on any atom is 0.223 e. The van der Waals surface area contributed by atoms with Gasteiger partial charge in [-0.1, -0.05) is 35.0 Å². The Morgan fingerprint density at radius 3 is 2.95 bits per heavy atom. The van der Waals surface area contributed by atoms with Crippen molar-refractivity contribution in [3.8, 4) is 27.4 Å². The highest BCUT2D eigenvalue weighted by Crippen LogP contribution is 2.42. The van der Waals surface area contributed by atoms with Gasteiger partial charge in [-0.25, -0.2) is 19.3 Å². The van der Waals surface area contributed by atoms with E-state index >= 15 is 0 Å². The molecular weight excluding hydrogens is 569 g/mol. The summed E-state index contributed by atoms with van der Waals surface area (Å²) in [6.07, 6.45) is 9.05. The van der Waals surface area contributed by atoms with Crippen LogP contribution in [0.1, 0.15) is 19.3 Å². The van der Waals surface area contributed by atoms with E-state index in [0.717, 1.165) is 47.1 Å². The number of hydrogen-bond acceptors (Lipinski definition) is 10. The van der Waals surface area contributed by atoms with Gasteiger partial charge in [0, 0.05) is 35.2 Å². The first-order valence-corrected chi connectivity index (χ1v) is 14.5. The Hall–Kier alpha value is -3.71. The van der Waals surface area contributed by atoms with E-state index in [9.17, 15) is 4.39 Å². The normalized spacial score (nSPS) is 15.3. The van der Waals surface area contributed by atoms with Crippen LogP contribution in [-0.4, -0.2) is 62.6 Å². The van der Waals surface area contributed by atoms with Crippen LogP contribution in [0, 0.1) is 5.82 Å². The molecule has 10 nitrogen and oxygen atoms in total. The zero-order valence-corrected chi connectivity index (χ0v) is 23.6. The maximum atomic E-state index is 14.9. The zero-order valence-electron chi connectivity index (χ0n) is 22.0. The smallest absolute Gasteiger partial charge is 0.223 e. The summed E-state index contributed by atoms with van der Waals surface area (Å²) in [6.45, 7) is 2.53. The van der Waals surface area contributed by atoms with Crippen LogP contribution >= 0.6 is 22.9 Å². The van der Waals surface area contributed by atoms with Crippen molar-refractivity contribution in [1.82, 2.24) is 29.9 Å². The van der Waals surface area contributed by atoms with Gasteiger partial charge < -0.3 is 19.5 Å². The van der Waals surface area contributed by atoms with E-state index in [1.54, 1.807) is 29.3 Å². The van der Waals surface area contributed by atoms with Crippen LogP contribution in [0.2, 0.25) is 5.15 Å². The summed E-state index contributed by atoms with van der Waals surface area (Å²) in [5, 5.41) is 12.1. The van der Waals surface area contributed by atoms with Crippen LogP contribution in [0.15, 0.2) is 55.1 Å². The highest BCUT2D eigenvalue weighted by Gasteiger charge is 2.18. The lowest BCUT2D eigenvalue weighted by molar-refractivity contribution is -0.165. The van der Waals surface area contributed by atoms with Gasteiger partial charge in [-0.05, 0) is 36.8 Å². The molecule has 0 radical (unpaired) electrons. The number of nitrogens with zero attached hydrogens (tertiary/aromatic N) is 6. The second kappa shape index (κ2) is 12.9. The molecule has 212 valence electrons. The first-order chi connectivity index (χ1) is 20.1. The minimum absolute atomic E-state index is 0.181. The van der Waals surface area contributed by atoms with Gasteiger partial charge in [0.1, 0.15) is 23.2 Å². The molecule has 1 saturated heterocycles. The molecule has 0 aliphatic carbocycles. The van der Waals surface area contributed by atoms with Gasteiger partial charge in [-0.2, -0.15) is 0 Å². The molecule has 1 atom stereocenters. The Balaban J connectivity index is 1.22. The molecule has 1 fully saturated rings. The van der Waals surface area contributed by atoms with Crippen LogP contribution in [0.25, 0.3) is 31.8 Å². The Morgan fingerprint density at radius 1 is 1.15 bits per heavy atom. The minimum atomic E-state index is -0.502. The predicted molar refractivity (Wildman–Crippen MR) is 155 cm³/mol. The molecule has 1 unspecified atom stereocenters. The number of halogens is 2. The molecule has 0 amide bonds. The average Bonchev–Trinajstić information content (AvgIpc) is 3.67. The Morgan fingerprint density at radius 2 is 2.10 bits per heavy atom. The summed E-state index contributed by atoms with van der Waals surface area (Å²) in [5.41, 5.74) is 1.91. The molecule has 6 rings (SSSR count). The molecule has 5 heterocycles. The number of ether oxygens (including phenoxy) is 3. The number of pyridine rings is 1. The summed E-state index contributed by atoms with van der Waals surface area (Å²) in [5.74, 6) is 0.409. The lowest BCUT2D eigenvalue weighted by atomic mass is 10.0. The molecule has 1 N–H and O–H groups in total. The maximum absolute atomic E-state index is 14.9. The molecule has 1 aromatic carbocycles. The highest BCUT2D eigenvalue weighted by molar-refractivity contribution is 7.22. The lowest BCUT2D eigenvalue weighted by Gasteiger charge is -2.22. The quantitative estimate of drug-likeness (QED) is 0.149. The van der Waals surface area contributed by atoms with E-state index in [4.69, 9.17) is 25.8 Å². The van der Waals surface area contributed by atoms with Crippen molar-refractivity contribution in [2.45, 2.75) is 32.1 Å². The lowest BCUT2D eigenvalue weighted by Crippen LogP contribution is -2.24. The number of thiophene rings is 1. The summed E-state index contributed by atoms with van der Waals surface area (Å²) in [4.78, 5) is 13.5. The second-order valence-electron chi connectivity index (χ2n) is 9.34. The van der Waals surface area contributed by atoms with Crippen molar-refractivity contribution in [2.24, 2.45) is 0 Å². The van der Waals surface area contributed by atoms with Crippen LogP contribution in [0.5, 0.6) is 5.75 Å². The largest absolute Gasteiger partial charge is 0.489 e. The van der Waals surface area contributed by atoms with Crippen molar-refractivity contribution in [3.63, 3.8) is 0 Å². The third-order valence-electron chi connectivity index (χ3n) is 6.52. The molecule has 1 aliphatic heterocycles. The van der Waals surface area contributed by atoms with Crippen molar-refractivity contribution >= 4 is 39.0 Å². The fourth-order valence-corrected chi connectivity index (χ4v) is 5.90. The summed E-state index contributed by atoms with van der Waals surface area (Å²) < 4.78 is 35.1. The van der Waals surface area contributed by atoms with Crippen molar-refractivity contribution in [2.75, 3.05) is 31.7 Å². The first-order valence-electron chi connectivity index (χ1n) is 13.3. The number of anilines is 1. The van der Waals surface area contributed by atoms with Crippen LogP contribution in [0.4, 0.5) is 10.3 Å². The molecule has 5 aromatic rings. The number of hydrogen-bond donors (Lipinski definition) is 1. The topological polar surface area (TPSA) is 109 Å². The van der Waals surface area contributed by atoms with E-state index in [-0.39, 0.29) is 12.0 Å². The zero-order chi connectivity index (χ0) is 28.0. The Kier molecular flexibility index (Phi) is 8.61. The molecule has 0 spiro atoms. The standard InChI is InChI=1S/C28H27ClFN7O3S/c29-24-15-20(22(17-32-24)38-12-13-40-25-6-1-2-11-39-25)19-5-3-4-18-14-23(41-27(18)19)26-21(30)16-33-28(35-26)31-7-9-37-10-8-34-36-37/h3-5,8,10,14-17,25H,1-2,6-7,9,11-13H2,(H,31,33,35). The second-order valence-corrected chi connectivity index (χ2v) is 10.8. The van der Waals surface area contributed by atoms with Crippen molar-refractivity contribution in [3.05, 3.63) is 66.1 Å². The van der Waals surface area contributed by atoms with Gasteiger partial charge in [0.25, 0.3) is 0 Å². The van der Waals surface area contributed by atoms with Crippen molar-refractivity contribution in [1.29, 1.82) is 0 Å². The molecule has 0 bridgehead atoms. The van der Waals surface area contributed by atoms with Gasteiger partial charge in [-0.3, -0.25) is 4.68 Å². The van der Waals surface area contributed by atoms with E-state index in [2.05, 4.69) is 30.6 Å². The molecule has 1 aliphatic rings. The molecule has 41 heavy (non-hydrogen) atoms. The van der Waals surface area contributed by atoms with Gasteiger partial charge in [0.15, 0.2) is 12.1 Å². The van der Waals surface area contributed by atoms with Crippen LogP contribution in [-0.2, 0) is 16.0 Å². The van der Waals surface area contributed by atoms with Crippen LogP contribution < -0.4 is 10.1 Å². The molecule has 0 saturated carbocycles. The average molecular weight is 596 g/mol. The third kappa shape index (κ3) is 6.62. The van der Waals surface area contributed by atoms with Gasteiger partial charge in [0.05, 0.1) is 36.6 Å². The summed E-state index contributed by atoms with van der Waals surface area (Å²) in [6, 6.07) is 9.62. The van der Waals surface area contributed by atoms with Gasteiger partial charge in [-0.15, -0.1) is 16.4 Å². The summed E-state index contributed by atoms with van der Waals surface area (Å²) in [7, 11) is 0. The SMILES string of the molecule is Fc1cnc(NCCn2ccnn2)nc1-c1cc2cccc(-c3cc(Cl)ncc3OCCOC3CCCCO3)c2s1.